The van der Waals surface area contributed by atoms with Crippen LogP contribution in [0, 0.1) is 0 Å². The molecule has 0 saturated carbocycles. The summed E-state index contributed by atoms with van der Waals surface area (Å²) in [5.74, 6) is 0.223. The molecule has 0 amide bonds. The first-order valence-corrected chi connectivity index (χ1v) is 7.88. The van der Waals surface area contributed by atoms with E-state index in [2.05, 4.69) is 5.32 Å². The van der Waals surface area contributed by atoms with Crippen LogP contribution in [-0.4, -0.2) is 58.4 Å². The molecule has 0 heterocycles. The topological polar surface area (TPSA) is 58.6 Å². The fraction of sp³-hybridized carbons (Fsp3) is 1.00. The van der Waals surface area contributed by atoms with Crippen LogP contribution in [0.25, 0.3) is 0 Å². The minimum absolute atomic E-state index is 0.223. The van der Waals surface area contributed by atoms with Gasteiger partial charge >= 0.3 is 0 Å². The molecule has 0 aliphatic rings. The van der Waals surface area contributed by atoms with Gasteiger partial charge in [-0.25, -0.2) is 12.7 Å². The van der Waals surface area contributed by atoms with Crippen LogP contribution in [0.1, 0.15) is 26.7 Å². The van der Waals surface area contributed by atoms with Gasteiger partial charge in [0.1, 0.15) is 0 Å². The Kier molecular flexibility index (Phi) is 9.72. The second-order valence-electron chi connectivity index (χ2n) is 3.90. The van der Waals surface area contributed by atoms with Crippen LogP contribution in [0.5, 0.6) is 0 Å². The molecule has 0 aliphatic carbocycles. The van der Waals surface area contributed by atoms with E-state index in [1.165, 1.54) is 4.31 Å². The quantitative estimate of drug-likeness (QED) is 0.559. The van der Waals surface area contributed by atoms with E-state index in [0.29, 0.717) is 26.2 Å². The van der Waals surface area contributed by atoms with Crippen molar-refractivity contribution in [2.45, 2.75) is 26.7 Å². The van der Waals surface area contributed by atoms with Crippen molar-refractivity contribution in [1.29, 1.82) is 0 Å². The Labute approximate surface area is 106 Å². The Bertz CT molecular complexity index is 268. The SMILES string of the molecule is CCNCCCCS(=O)(=O)N(C)CCOCC. The van der Waals surface area contributed by atoms with E-state index in [0.717, 1.165) is 19.5 Å². The highest BCUT2D eigenvalue weighted by atomic mass is 32.2. The zero-order valence-electron chi connectivity index (χ0n) is 11.2. The fourth-order valence-corrected chi connectivity index (χ4v) is 2.58. The molecule has 0 fully saturated rings. The summed E-state index contributed by atoms with van der Waals surface area (Å²) in [5, 5.41) is 3.18. The zero-order valence-corrected chi connectivity index (χ0v) is 12.1. The van der Waals surface area contributed by atoms with Crippen molar-refractivity contribution in [3.63, 3.8) is 0 Å². The highest BCUT2D eigenvalue weighted by Gasteiger charge is 2.16. The number of hydrogen-bond donors (Lipinski definition) is 1. The third kappa shape index (κ3) is 8.54. The number of hydrogen-bond acceptors (Lipinski definition) is 4. The molecule has 0 radical (unpaired) electrons. The molecule has 0 rings (SSSR count). The Balaban J connectivity index is 3.77. The van der Waals surface area contributed by atoms with Crippen molar-refractivity contribution in [2.24, 2.45) is 0 Å². The minimum atomic E-state index is -3.10. The maximum atomic E-state index is 11.8. The molecular formula is C11H26N2O3S. The Morgan fingerprint density at radius 2 is 1.94 bits per heavy atom. The number of ether oxygens (including phenoxy) is 1. The van der Waals surface area contributed by atoms with Gasteiger partial charge in [0.15, 0.2) is 0 Å². The largest absolute Gasteiger partial charge is 0.380 e. The van der Waals surface area contributed by atoms with Crippen molar-refractivity contribution in [3.8, 4) is 0 Å². The lowest BCUT2D eigenvalue weighted by molar-refractivity contribution is 0.138. The average Bonchev–Trinajstić information content (AvgIpc) is 2.29. The van der Waals surface area contributed by atoms with Gasteiger partial charge in [-0.05, 0) is 32.9 Å². The van der Waals surface area contributed by atoms with Gasteiger partial charge in [-0.2, -0.15) is 0 Å². The second-order valence-corrected chi connectivity index (χ2v) is 6.09. The van der Waals surface area contributed by atoms with Crippen LogP contribution in [0.15, 0.2) is 0 Å². The third-order valence-corrected chi connectivity index (χ3v) is 4.42. The smallest absolute Gasteiger partial charge is 0.213 e. The van der Waals surface area contributed by atoms with Crippen molar-refractivity contribution in [2.75, 3.05) is 45.6 Å². The number of sulfonamides is 1. The van der Waals surface area contributed by atoms with E-state index >= 15 is 0 Å². The van der Waals surface area contributed by atoms with Gasteiger partial charge in [0.25, 0.3) is 0 Å². The molecule has 0 atom stereocenters. The second kappa shape index (κ2) is 9.82. The molecule has 0 spiro atoms. The maximum Gasteiger partial charge on any atom is 0.213 e. The van der Waals surface area contributed by atoms with E-state index in [4.69, 9.17) is 4.74 Å². The normalized spacial score (nSPS) is 12.2. The van der Waals surface area contributed by atoms with Crippen molar-refractivity contribution >= 4 is 10.0 Å². The van der Waals surface area contributed by atoms with Crippen LogP contribution >= 0.6 is 0 Å². The van der Waals surface area contributed by atoms with Gasteiger partial charge in [0, 0.05) is 20.2 Å². The summed E-state index contributed by atoms with van der Waals surface area (Å²) in [4.78, 5) is 0. The lowest BCUT2D eigenvalue weighted by Gasteiger charge is -2.16. The van der Waals surface area contributed by atoms with E-state index in [-0.39, 0.29) is 5.75 Å². The molecule has 0 aromatic rings. The lowest BCUT2D eigenvalue weighted by atomic mass is 10.3. The summed E-state index contributed by atoms with van der Waals surface area (Å²) >= 11 is 0. The lowest BCUT2D eigenvalue weighted by Crippen LogP contribution is -2.32. The van der Waals surface area contributed by atoms with Gasteiger partial charge < -0.3 is 10.1 Å². The maximum absolute atomic E-state index is 11.8. The van der Waals surface area contributed by atoms with E-state index < -0.39 is 10.0 Å². The van der Waals surface area contributed by atoms with Gasteiger partial charge in [-0.15, -0.1) is 0 Å². The van der Waals surface area contributed by atoms with E-state index in [1.807, 2.05) is 13.8 Å². The predicted molar refractivity (Wildman–Crippen MR) is 70.7 cm³/mol. The number of unbranched alkanes of at least 4 members (excludes halogenated alkanes) is 1. The highest BCUT2D eigenvalue weighted by molar-refractivity contribution is 7.89. The van der Waals surface area contributed by atoms with Crippen LogP contribution in [-0.2, 0) is 14.8 Å². The molecule has 1 N–H and O–H groups in total. The summed E-state index contributed by atoms with van der Waals surface area (Å²) in [6.07, 6.45) is 1.60. The van der Waals surface area contributed by atoms with Crippen molar-refractivity contribution < 1.29 is 13.2 Å². The van der Waals surface area contributed by atoms with Gasteiger partial charge in [-0.3, -0.25) is 0 Å². The molecule has 104 valence electrons. The summed E-state index contributed by atoms with van der Waals surface area (Å²) in [7, 11) is -1.49. The molecule has 17 heavy (non-hydrogen) atoms. The first-order chi connectivity index (χ1) is 8.04. The van der Waals surface area contributed by atoms with Crippen LogP contribution in [0.3, 0.4) is 0 Å². The number of rotatable bonds is 11. The highest BCUT2D eigenvalue weighted by Crippen LogP contribution is 2.02. The monoisotopic (exact) mass is 266 g/mol. The number of likely N-dealkylation sites (N-methyl/N-ethyl adjacent to an activating group) is 1. The molecule has 0 aromatic carbocycles. The van der Waals surface area contributed by atoms with Gasteiger partial charge in [0.05, 0.1) is 12.4 Å². The summed E-state index contributed by atoms with van der Waals surface area (Å²) in [5.41, 5.74) is 0. The van der Waals surface area contributed by atoms with Crippen LogP contribution < -0.4 is 5.32 Å². The molecule has 0 saturated heterocycles. The van der Waals surface area contributed by atoms with E-state index in [1.54, 1.807) is 7.05 Å². The van der Waals surface area contributed by atoms with Crippen molar-refractivity contribution in [3.05, 3.63) is 0 Å². The Morgan fingerprint density at radius 1 is 1.24 bits per heavy atom. The third-order valence-electron chi connectivity index (χ3n) is 2.49. The van der Waals surface area contributed by atoms with Gasteiger partial charge in [0.2, 0.25) is 10.0 Å². The molecule has 6 heteroatoms. The molecular weight excluding hydrogens is 240 g/mol. The summed E-state index contributed by atoms with van der Waals surface area (Å²) in [6.45, 7) is 7.27. The molecule has 0 bridgehead atoms. The fourth-order valence-electron chi connectivity index (χ4n) is 1.34. The number of nitrogens with one attached hydrogen (secondary N) is 1. The molecule has 0 aromatic heterocycles. The first kappa shape index (κ1) is 16.8. The van der Waals surface area contributed by atoms with Crippen molar-refractivity contribution in [1.82, 2.24) is 9.62 Å². The first-order valence-electron chi connectivity index (χ1n) is 6.27. The average molecular weight is 266 g/mol. The molecule has 5 nitrogen and oxygen atoms in total. The Morgan fingerprint density at radius 3 is 2.53 bits per heavy atom. The molecule has 0 aliphatic heterocycles. The predicted octanol–water partition coefficient (Wildman–Crippen LogP) is 0.674. The minimum Gasteiger partial charge on any atom is -0.380 e. The summed E-state index contributed by atoms with van der Waals surface area (Å²) < 4.78 is 30.1. The number of nitrogens with zero attached hydrogens (tertiary/aromatic N) is 1. The Hall–Kier alpha value is -0.170. The zero-order chi connectivity index (χ0) is 13.1. The van der Waals surface area contributed by atoms with Crippen LogP contribution in [0.2, 0.25) is 0 Å². The standard InChI is InChI=1S/C11H26N2O3S/c1-4-12-8-6-7-11-17(14,15)13(3)9-10-16-5-2/h12H,4-11H2,1-3H3. The molecule has 0 unspecified atom stereocenters. The van der Waals surface area contributed by atoms with Crippen LogP contribution in [0.4, 0.5) is 0 Å². The summed E-state index contributed by atoms with van der Waals surface area (Å²) in [6, 6.07) is 0. The van der Waals surface area contributed by atoms with Gasteiger partial charge in [-0.1, -0.05) is 6.92 Å². The van der Waals surface area contributed by atoms with E-state index in [9.17, 15) is 8.42 Å².